The molecule has 5 aliphatic carbocycles. The molecule has 1 saturated carbocycles. The maximum Gasteiger partial charge on any atom is 0.184 e. The molecule has 1 atom stereocenters. The fraction of sp³-hybridized carbons (Fsp3) is 0.351. The van der Waals surface area contributed by atoms with Crippen molar-refractivity contribution in [2.45, 2.75) is 145 Å². The van der Waals surface area contributed by atoms with Crippen molar-refractivity contribution in [3.63, 3.8) is 0 Å². The van der Waals surface area contributed by atoms with E-state index in [0.29, 0.717) is 0 Å². The molecule has 6 aromatic rings. The van der Waals surface area contributed by atoms with E-state index in [2.05, 4.69) is 251 Å². The minimum Gasteiger partial charge on any atom is -0.456 e. The summed E-state index contributed by atoms with van der Waals surface area (Å²) in [5, 5.41) is 4.90. The van der Waals surface area contributed by atoms with Crippen LogP contribution in [0.15, 0.2) is 198 Å². The van der Waals surface area contributed by atoms with Gasteiger partial charge >= 0.3 is 0 Å². The fourth-order valence-corrected chi connectivity index (χ4v) is 13.6. The van der Waals surface area contributed by atoms with E-state index in [4.69, 9.17) is 11.0 Å². The van der Waals surface area contributed by atoms with Gasteiger partial charge in [-0.25, -0.2) is 0 Å². The van der Waals surface area contributed by atoms with E-state index in [-0.39, 0.29) is 33.1 Å². The first-order valence-corrected chi connectivity index (χ1v) is 29.1. The second-order valence-electron chi connectivity index (χ2n) is 28.0. The molecule has 1 radical (unpaired) electrons. The van der Waals surface area contributed by atoms with Crippen molar-refractivity contribution in [3.05, 3.63) is 238 Å². The predicted octanol–water partition coefficient (Wildman–Crippen LogP) is 18.3. The molecule has 79 heavy (non-hydrogen) atoms. The largest absolute Gasteiger partial charge is 0.456 e. The van der Waals surface area contributed by atoms with Crippen LogP contribution < -0.4 is 20.6 Å². The molecule has 0 saturated heterocycles. The third-order valence-corrected chi connectivity index (χ3v) is 17.3. The summed E-state index contributed by atoms with van der Waals surface area (Å²) in [6.45, 7) is 35.5. The summed E-state index contributed by atoms with van der Waals surface area (Å²) in [6, 6.07) is 38.8. The van der Waals surface area contributed by atoms with Crippen molar-refractivity contribution >= 4 is 52.0 Å². The van der Waals surface area contributed by atoms with Crippen LogP contribution in [0.25, 0.3) is 16.5 Å². The highest BCUT2D eigenvalue weighted by Crippen LogP contribution is 2.46. The topological polar surface area (TPSA) is 31.6 Å². The van der Waals surface area contributed by atoms with Gasteiger partial charge in [0.05, 0.1) is 6.04 Å². The van der Waals surface area contributed by atoms with Gasteiger partial charge in [0.1, 0.15) is 11.3 Å². The number of anilines is 4. The van der Waals surface area contributed by atoms with E-state index in [9.17, 15) is 0 Å². The molecule has 0 amide bonds. The number of hydrogen-bond acceptors (Lipinski definition) is 4. The number of hydrogen-bond donors (Lipinski definition) is 1. The van der Waals surface area contributed by atoms with Gasteiger partial charge in [0, 0.05) is 51.3 Å². The molecule has 0 bridgehead atoms. The normalized spacial score (nSPS) is 20.3. The fourth-order valence-electron chi connectivity index (χ4n) is 13.6. The first-order chi connectivity index (χ1) is 37.4. The first-order valence-electron chi connectivity index (χ1n) is 29.1. The van der Waals surface area contributed by atoms with Gasteiger partial charge < -0.3 is 19.5 Å². The van der Waals surface area contributed by atoms with E-state index in [1.165, 1.54) is 55.6 Å². The van der Waals surface area contributed by atoms with E-state index < -0.39 is 0 Å². The molecule has 4 nitrogen and oxygen atoms in total. The van der Waals surface area contributed by atoms with Crippen LogP contribution in [-0.2, 0) is 43.9 Å². The maximum absolute atomic E-state index is 6.40. The lowest BCUT2D eigenvalue weighted by Crippen LogP contribution is -2.34. The van der Waals surface area contributed by atoms with Crippen molar-refractivity contribution in [3.8, 4) is 0 Å². The highest BCUT2D eigenvalue weighted by molar-refractivity contribution is 6.60. The van der Waals surface area contributed by atoms with E-state index >= 15 is 0 Å². The molecule has 1 unspecified atom stereocenters. The van der Waals surface area contributed by atoms with Crippen LogP contribution in [0.4, 0.5) is 22.7 Å². The molecule has 5 aliphatic rings. The van der Waals surface area contributed by atoms with Gasteiger partial charge in [-0.15, -0.1) is 5.98 Å². The Balaban J connectivity index is 1.06. The summed E-state index contributed by atoms with van der Waals surface area (Å²) in [7, 11) is 2.34. The summed E-state index contributed by atoms with van der Waals surface area (Å²) in [6.07, 6.45) is 27.4. The molecular formula is C74H83BN3O. The van der Waals surface area contributed by atoms with Crippen LogP contribution in [0.3, 0.4) is 0 Å². The molecule has 11 rings (SSSR count). The zero-order chi connectivity index (χ0) is 55.6. The summed E-state index contributed by atoms with van der Waals surface area (Å²) in [5.41, 5.74) is 23.0. The Morgan fingerprint density at radius 2 is 1.30 bits per heavy atom. The Hall–Kier alpha value is -6.98. The molecule has 1 fully saturated rings. The quantitative estimate of drug-likeness (QED) is 0.0870. The van der Waals surface area contributed by atoms with Crippen LogP contribution in [0.2, 0.25) is 0 Å². The van der Waals surface area contributed by atoms with Gasteiger partial charge in [0.2, 0.25) is 0 Å². The van der Waals surface area contributed by atoms with Gasteiger partial charge in [-0.1, -0.05) is 179 Å². The zero-order valence-corrected chi connectivity index (χ0v) is 49.2. The Labute approximate surface area is 474 Å². The Kier molecular flexibility index (Phi) is 14.1. The highest BCUT2D eigenvalue weighted by Gasteiger charge is 2.34. The second kappa shape index (κ2) is 20.6. The molecule has 1 heterocycles. The highest BCUT2D eigenvalue weighted by atomic mass is 16.3. The van der Waals surface area contributed by atoms with Gasteiger partial charge in [-0.2, -0.15) is 0 Å². The molecule has 0 aliphatic heterocycles. The van der Waals surface area contributed by atoms with E-state index in [1.54, 1.807) is 0 Å². The number of fused-ring (bicyclic) bond motifs is 4. The number of nitrogens with zero attached hydrogens (tertiary/aromatic N) is 2. The van der Waals surface area contributed by atoms with Gasteiger partial charge in [-0.3, -0.25) is 0 Å². The third kappa shape index (κ3) is 11.8. The number of rotatable bonds is 14. The Bertz CT molecular complexity index is 3540. The van der Waals surface area contributed by atoms with Gasteiger partial charge in [-0.05, 0) is 196 Å². The standard InChI is InChI=1S/C74H83BN3O/c1-49-41-71(6,7)42-53(49)18-16-33-75-66-38-58-47-74(12,13)48-59(58)39-67(66)78(64-29-23-55-44-73(10,11)46-57(55)37-64)65(32-34-76-61-26-20-54-43-72(8,9)45-56(54)36-61)35-50(2)77(63-30-24-60(25-31-63)70(3,4)5)62-27-21-51(22-28-62)69-40-52-17-14-15-19-68(52)79-69/h14-27,29-40,62,76H,1-2,28,41-48H2,3-13H3/b33-16+,34-32+,53-18-,65-35+. The first kappa shape index (κ1) is 54.0. The Morgan fingerprint density at radius 1 is 0.684 bits per heavy atom. The average Bonchev–Trinajstić information content (AvgIpc) is 4.31. The monoisotopic (exact) mass is 1040 g/mol. The SMILES string of the molecule is C=C1CC(C)(C)C/C1=C/C=C/[B]c1cc2c(cc1N(C(/C=C/Nc1ccc3c(c1)CC(C)(C)C3)=C/C(=C)N(c1ccc(C(C)(C)C)cc1)C1C=CC(c3cc4ccccc4o3)=CC1)c1ccc3c(c1)CC(C)(C)C3)CC(C)(C)C2. The van der Waals surface area contributed by atoms with Crippen LogP contribution in [0.5, 0.6) is 0 Å². The lowest BCUT2D eigenvalue weighted by atomic mass is 9.68. The molecule has 1 aromatic heterocycles. The van der Waals surface area contributed by atoms with E-state index in [1.807, 2.05) is 12.1 Å². The van der Waals surface area contributed by atoms with Crippen molar-refractivity contribution in [2.75, 3.05) is 15.1 Å². The number of nitrogens with one attached hydrogen (secondary N) is 1. The van der Waals surface area contributed by atoms with Crippen molar-refractivity contribution in [1.82, 2.24) is 0 Å². The minimum atomic E-state index is -0.0149. The number of allylic oxidation sites excluding steroid dienone is 8. The number of furan rings is 1. The lowest BCUT2D eigenvalue weighted by Gasteiger charge is -2.35. The van der Waals surface area contributed by atoms with Crippen molar-refractivity contribution in [1.29, 1.82) is 0 Å². The average molecular weight is 1040 g/mol. The van der Waals surface area contributed by atoms with Crippen LogP contribution in [0, 0.1) is 21.7 Å². The van der Waals surface area contributed by atoms with E-state index in [0.717, 1.165) is 114 Å². The van der Waals surface area contributed by atoms with Crippen molar-refractivity contribution in [2.24, 2.45) is 21.7 Å². The number of benzene rings is 5. The lowest BCUT2D eigenvalue weighted by molar-refractivity contribution is 0.392. The van der Waals surface area contributed by atoms with Crippen molar-refractivity contribution < 1.29 is 4.42 Å². The molecule has 0 spiro atoms. The zero-order valence-electron chi connectivity index (χ0n) is 49.2. The third-order valence-electron chi connectivity index (χ3n) is 17.3. The number of para-hydroxylation sites is 1. The summed E-state index contributed by atoms with van der Waals surface area (Å²) >= 11 is 0. The van der Waals surface area contributed by atoms with Gasteiger partial charge in [0.15, 0.2) is 7.28 Å². The summed E-state index contributed by atoms with van der Waals surface area (Å²) in [5.74, 6) is 3.14. The Morgan fingerprint density at radius 3 is 1.95 bits per heavy atom. The minimum absolute atomic E-state index is 0.00861. The van der Waals surface area contributed by atoms with Crippen LogP contribution >= 0.6 is 0 Å². The second-order valence-corrected chi connectivity index (χ2v) is 28.0. The smallest absolute Gasteiger partial charge is 0.184 e. The summed E-state index contributed by atoms with van der Waals surface area (Å²) in [4.78, 5) is 4.97. The predicted molar refractivity (Wildman–Crippen MR) is 339 cm³/mol. The molecule has 5 heteroatoms. The summed E-state index contributed by atoms with van der Waals surface area (Å²) < 4.78 is 6.40. The van der Waals surface area contributed by atoms with Crippen LogP contribution in [0.1, 0.15) is 140 Å². The van der Waals surface area contributed by atoms with Crippen LogP contribution in [-0.4, -0.2) is 13.3 Å². The van der Waals surface area contributed by atoms with Gasteiger partial charge in [0.25, 0.3) is 0 Å². The molecule has 403 valence electrons. The maximum atomic E-state index is 6.40. The molecule has 1 N–H and O–H groups in total. The molecule has 5 aromatic carbocycles. The molecular weight excluding hydrogens is 958 g/mol.